The number of hydrogen-bond acceptors (Lipinski definition) is 2. The van der Waals surface area contributed by atoms with Crippen LogP contribution in [-0.2, 0) is 0 Å². The first-order chi connectivity index (χ1) is 10.8. The van der Waals surface area contributed by atoms with Crippen LogP contribution in [-0.4, -0.2) is 16.2 Å². The van der Waals surface area contributed by atoms with Gasteiger partial charge in [0.05, 0.1) is 5.56 Å². The molecule has 3 heteroatoms. The summed E-state index contributed by atoms with van der Waals surface area (Å²) >= 11 is 0. The molecule has 0 radical (unpaired) electrons. The number of benzene rings is 1. The van der Waals surface area contributed by atoms with Crippen LogP contribution in [0, 0.1) is 5.92 Å². The van der Waals surface area contributed by atoms with E-state index in [0.717, 1.165) is 36.8 Å². The normalized spacial score (nSPS) is 21.4. The third-order valence-corrected chi connectivity index (χ3v) is 5.10. The molecule has 3 nitrogen and oxygen atoms in total. The highest BCUT2D eigenvalue weighted by molar-refractivity contribution is 5.88. The number of aromatic hydroxyl groups is 1. The van der Waals surface area contributed by atoms with Gasteiger partial charge < -0.3 is 10.2 Å². The first kappa shape index (κ1) is 17.6. The van der Waals surface area contributed by atoms with Crippen LogP contribution in [0.25, 0.3) is 0 Å². The summed E-state index contributed by atoms with van der Waals surface area (Å²) in [5, 5.41) is 19.6. The Balaban J connectivity index is 2.33. The maximum absolute atomic E-state index is 11.3. The zero-order valence-electron chi connectivity index (χ0n) is 14.6. The summed E-state index contributed by atoms with van der Waals surface area (Å²) in [4.78, 5) is 11.3. The van der Waals surface area contributed by atoms with Gasteiger partial charge in [-0.05, 0) is 75.0 Å². The predicted molar refractivity (Wildman–Crippen MR) is 93.3 cm³/mol. The van der Waals surface area contributed by atoms with Gasteiger partial charge in [0.1, 0.15) is 5.75 Å². The van der Waals surface area contributed by atoms with Crippen molar-refractivity contribution in [2.24, 2.45) is 5.92 Å². The Labute approximate surface area is 139 Å². The molecule has 1 aliphatic rings. The van der Waals surface area contributed by atoms with E-state index < -0.39 is 5.97 Å². The molecule has 0 amide bonds. The van der Waals surface area contributed by atoms with Crippen molar-refractivity contribution in [3.05, 3.63) is 40.5 Å². The number of rotatable bonds is 5. The third-order valence-electron chi connectivity index (χ3n) is 5.10. The van der Waals surface area contributed by atoms with Crippen molar-refractivity contribution >= 4 is 5.97 Å². The molecular weight excluding hydrogens is 288 g/mol. The Hall–Kier alpha value is -1.77. The quantitative estimate of drug-likeness (QED) is 0.710. The number of aromatic carboxylic acids is 1. The Morgan fingerprint density at radius 3 is 2.65 bits per heavy atom. The topological polar surface area (TPSA) is 57.5 Å². The molecule has 23 heavy (non-hydrogen) atoms. The largest absolute Gasteiger partial charge is 0.508 e. The van der Waals surface area contributed by atoms with Crippen LogP contribution in [0.4, 0.5) is 0 Å². The standard InChI is InChI=1S/C20H28O3/c1-12(2)6-5-7-13(3)16-9-8-14(4)19-17(16)10-15(20(22)23)11-18(19)21/h6,10-11,13-14,16,21H,5,7-9H2,1-4H3,(H,22,23)/t13?,14-,16+/m1/s1. The molecule has 1 aliphatic carbocycles. The Morgan fingerprint density at radius 2 is 2.04 bits per heavy atom. The van der Waals surface area contributed by atoms with Gasteiger partial charge in [0.25, 0.3) is 0 Å². The second-order valence-electron chi connectivity index (χ2n) is 7.22. The zero-order chi connectivity index (χ0) is 17.1. The average molecular weight is 316 g/mol. The smallest absolute Gasteiger partial charge is 0.335 e. The fourth-order valence-corrected chi connectivity index (χ4v) is 3.78. The summed E-state index contributed by atoms with van der Waals surface area (Å²) in [5.74, 6) is 0.261. The molecule has 0 aromatic heterocycles. The molecule has 0 heterocycles. The highest BCUT2D eigenvalue weighted by atomic mass is 16.4. The van der Waals surface area contributed by atoms with E-state index in [4.69, 9.17) is 0 Å². The first-order valence-electron chi connectivity index (χ1n) is 8.54. The van der Waals surface area contributed by atoms with E-state index in [1.165, 1.54) is 11.6 Å². The van der Waals surface area contributed by atoms with Gasteiger partial charge in [-0.15, -0.1) is 0 Å². The Bertz CT molecular complexity index is 612. The number of fused-ring (bicyclic) bond motifs is 1. The lowest BCUT2D eigenvalue weighted by Crippen LogP contribution is -2.19. The van der Waals surface area contributed by atoms with Gasteiger partial charge >= 0.3 is 5.97 Å². The molecule has 0 bridgehead atoms. The summed E-state index contributed by atoms with van der Waals surface area (Å²) in [5.41, 5.74) is 3.53. The number of allylic oxidation sites excluding steroid dienone is 2. The molecule has 1 unspecified atom stereocenters. The minimum Gasteiger partial charge on any atom is -0.508 e. The number of phenolic OH excluding ortho intramolecular Hbond substituents is 1. The van der Waals surface area contributed by atoms with Crippen molar-refractivity contribution in [3.63, 3.8) is 0 Å². The average Bonchev–Trinajstić information content (AvgIpc) is 2.46. The van der Waals surface area contributed by atoms with Crippen LogP contribution in [0.3, 0.4) is 0 Å². The van der Waals surface area contributed by atoms with Crippen molar-refractivity contribution in [1.29, 1.82) is 0 Å². The summed E-state index contributed by atoms with van der Waals surface area (Å²) in [7, 11) is 0. The van der Waals surface area contributed by atoms with Crippen molar-refractivity contribution in [3.8, 4) is 5.75 Å². The van der Waals surface area contributed by atoms with Crippen LogP contribution in [0.15, 0.2) is 23.8 Å². The molecule has 1 aromatic carbocycles. The second kappa shape index (κ2) is 7.20. The van der Waals surface area contributed by atoms with E-state index in [1.54, 1.807) is 6.07 Å². The minimum absolute atomic E-state index is 0.147. The van der Waals surface area contributed by atoms with Crippen LogP contribution in [0.2, 0.25) is 0 Å². The van der Waals surface area contributed by atoms with E-state index in [9.17, 15) is 15.0 Å². The van der Waals surface area contributed by atoms with Crippen LogP contribution < -0.4 is 0 Å². The number of hydrogen-bond donors (Lipinski definition) is 2. The van der Waals surface area contributed by atoms with Crippen molar-refractivity contribution in [2.75, 3.05) is 0 Å². The highest BCUT2D eigenvalue weighted by Crippen LogP contribution is 2.47. The molecule has 0 saturated carbocycles. The highest BCUT2D eigenvalue weighted by Gasteiger charge is 2.31. The van der Waals surface area contributed by atoms with Crippen LogP contribution in [0.5, 0.6) is 5.75 Å². The molecule has 2 rings (SSSR count). The monoisotopic (exact) mass is 316 g/mol. The first-order valence-corrected chi connectivity index (χ1v) is 8.54. The van der Waals surface area contributed by atoms with Crippen molar-refractivity contribution in [1.82, 2.24) is 0 Å². The fourth-order valence-electron chi connectivity index (χ4n) is 3.78. The maximum atomic E-state index is 11.3. The molecule has 0 saturated heterocycles. The molecule has 2 N–H and O–H groups in total. The molecule has 1 aromatic rings. The lowest BCUT2D eigenvalue weighted by molar-refractivity contribution is 0.0696. The summed E-state index contributed by atoms with van der Waals surface area (Å²) < 4.78 is 0. The molecule has 0 aliphatic heterocycles. The van der Waals surface area contributed by atoms with Crippen molar-refractivity contribution in [2.45, 2.75) is 65.2 Å². The molecule has 126 valence electrons. The van der Waals surface area contributed by atoms with E-state index in [0.29, 0.717) is 11.8 Å². The number of carboxylic acid groups (broad SMARTS) is 1. The van der Waals surface area contributed by atoms with Gasteiger partial charge in [-0.25, -0.2) is 4.79 Å². The van der Waals surface area contributed by atoms with Crippen LogP contribution >= 0.6 is 0 Å². The van der Waals surface area contributed by atoms with E-state index in [-0.39, 0.29) is 17.2 Å². The summed E-state index contributed by atoms with van der Waals surface area (Å²) in [6.07, 6.45) is 6.50. The lowest BCUT2D eigenvalue weighted by atomic mass is 9.71. The molecular formula is C20H28O3. The summed E-state index contributed by atoms with van der Waals surface area (Å²) in [6.45, 7) is 8.58. The van der Waals surface area contributed by atoms with E-state index in [2.05, 4.69) is 33.8 Å². The zero-order valence-corrected chi connectivity index (χ0v) is 14.6. The SMILES string of the molecule is CC(C)=CCCC(C)[C@@H]1CC[C@@H](C)c2c(O)cc(C(=O)O)cc21. The van der Waals surface area contributed by atoms with Gasteiger partial charge in [0.15, 0.2) is 0 Å². The number of carbonyl (C=O) groups is 1. The Kier molecular flexibility index (Phi) is 5.51. The third kappa shape index (κ3) is 3.95. The van der Waals surface area contributed by atoms with E-state index in [1.807, 2.05) is 0 Å². The fraction of sp³-hybridized carbons (Fsp3) is 0.550. The van der Waals surface area contributed by atoms with Crippen LogP contribution in [0.1, 0.15) is 86.7 Å². The van der Waals surface area contributed by atoms with E-state index >= 15 is 0 Å². The molecule has 0 fully saturated rings. The van der Waals surface area contributed by atoms with Gasteiger partial charge in [0, 0.05) is 5.56 Å². The maximum Gasteiger partial charge on any atom is 0.335 e. The molecule has 0 spiro atoms. The van der Waals surface area contributed by atoms with Crippen molar-refractivity contribution < 1.29 is 15.0 Å². The second-order valence-corrected chi connectivity index (χ2v) is 7.22. The minimum atomic E-state index is -0.975. The van der Waals surface area contributed by atoms with Gasteiger partial charge in [0.2, 0.25) is 0 Å². The summed E-state index contributed by atoms with van der Waals surface area (Å²) in [6, 6.07) is 3.18. The Morgan fingerprint density at radius 1 is 1.35 bits per heavy atom. The van der Waals surface area contributed by atoms with Gasteiger partial charge in [-0.2, -0.15) is 0 Å². The lowest BCUT2D eigenvalue weighted by Gasteiger charge is -2.34. The predicted octanol–water partition coefficient (Wildman–Crippen LogP) is 5.45. The number of phenols is 1. The van der Waals surface area contributed by atoms with Gasteiger partial charge in [-0.1, -0.05) is 25.5 Å². The molecule has 3 atom stereocenters. The number of carboxylic acids is 1. The van der Waals surface area contributed by atoms with Gasteiger partial charge in [-0.3, -0.25) is 0 Å².